The highest BCUT2D eigenvalue weighted by Gasteiger charge is 2.09. The molecular formula is C29H34O4. The minimum atomic E-state index is 0.126. The molecule has 0 unspecified atom stereocenters. The zero-order valence-electron chi connectivity index (χ0n) is 20.1. The van der Waals surface area contributed by atoms with Crippen LogP contribution in [0.15, 0.2) is 72.8 Å². The number of benzene rings is 3. The molecular weight excluding hydrogens is 412 g/mol. The van der Waals surface area contributed by atoms with Crippen molar-refractivity contribution in [3.05, 3.63) is 89.5 Å². The molecule has 0 aromatic heterocycles. The highest BCUT2D eigenvalue weighted by atomic mass is 16.5. The van der Waals surface area contributed by atoms with Gasteiger partial charge in [-0.2, -0.15) is 0 Å². The summed E-state index contributed by atoms with van der Waals surface area (Å²) in [6.07, 6.45) is 1.34. The molecule has 0 aliphatic rings. The van der Waals surface area contributed by atoms with Crippen LogP contribution in [0.3, 0.4) is 0 Å². The fraction of sp³-hybridized carbons (Fsp3) is 0.276. The van der Waals surface area contributed by atoms with Crippen molar-refractivity contribution < 1.29 is 19.4 Å². The fourth-order valence-electron chi connectivity index (χ4n) is 3.41. The fourth-order valence-corrected chi connectivity index (χ4v) is 3.41. The quantitative estimate of drug-likeness (QED) is 0.250. The molecule has 3 aromatic rings. The number of aliphatic hydroxyl groups excluding tert-OH is 1. The van der Waals surface area contributed by atoms with Crippen LogP contribution < -0.4 is 4.74 Å². The number of allylic oxidation sites excluding steroid dienone is 1. The number of rotatable bonds is 9. The number of aliphatic hydroxyl groups is 1. The molecule has 0 fully saturated rings. The smallest absolute Gasteiger partial charge is 0.145 e. The first-order valence-electron chi connectivity index (χ1n) is 11.0. The van der Waals surface area contributed by atoms with Crippen LogP contribution in [-0.4, -0.2) is 38.3 Å². The summed E-state index contributed by atoms with van der Waals surface area (Å²) in [6.45, 7) is 10.4. The normalized spacial score (nSPS) is 10.2. The minimum Gasteiger partial charge on any atom is -0.491 e. The molecule has 3 aromatic carbocycles. The summed E-state index contributed by atoms with van der Waals surface area (Å²) in [5, 5.41) is 9.23. The van der Waals surface area contributed by atoms with Crippen LogP contribution in [0.5, 0.6) is 5.75 Å². The second kappa shape index (κ2) is 13.4. The highest BCUT2D eigenvalue weighted by molar-refractivity contribution is 5.75. The lowest BCUT2D eigenvalue weighted by molar-refractivity contribution is -0.104. The molecule has 0 saturated heterocycles. The largest absolute Gasteiger partial charge is 0.491 e. The minimum absolute atomic E-state index is 0.126. The highest BCUT2D eigenvalue weighted by Crippen LogP contribution is 2.33. The molecule has 0 radical (unpaired) electrons. The maximum absolute atomic E-state index is 9.41. The van der Waals surface area contributed by atoms with Gasteiger partial charge in [-0.25, -0.2) is 0 Å². The first-order valence-corrected chi connectivity index (χ1v) is 11.0. The molecule has 0 atom stereocenters. The molecule has 4 nitrogen and oxygen atoms in total. The van der Waals surface area contributed by atoms with E-state index in [0.29, 0.717) is 25.2 Å². The molecule has 3 rings (SSSR count). The standard InChI is InChI=1S/C25H28O3.C4H6O/c1-18-4-10-23(19(2)16-18)21-6-8-22(9-7-21)24-11-5-20(12-13-26)17-25(24)28-15-14-27-3;1-4(2)3-5/h4-11,16-17,26H,12-15H2,1-3H3;3H,1H2,2H3. The number of carbonyl (C=O) groups excluding carboxylic acids is 1. The van der Waals surface area contributed by atoms with Crippen molar-refractivity contribution in [1.82, 2.24) is 0 Å². The summed E-state index contributed by atoms with van der Waals surface area (Å²) in [7, 11) is 1.66. The Morgan fingerprint density at radius 2 is 1.55 bits per heavy atom. The topological polar surface area (TPSA) is 55.8 Å². The van der Waals surface area contributed by atoms with E-state index in [1.165, 1.54) is 22.3 Å². The zero-order chi connectivity index (χ0) is 24.2. The second-order valence-electron chi connectivity index (χ2n) is 8.01. The summed E-state index contributed by atoms with van der Waals surface area (Å²) >= 11 is 0. The lowest BCUT2D eigenvalue weighted by atomic mass is 9.95. The Labute approximate surface area is 197 Å². The van der Waals surface area contributed by atoms with Crippen molar-refractivity contribution in [3.63, 3.8) is 0 Å². The zero-order valence-corrected chi connectivity index (χ0v) is 20.1. The van der Waals surface area contributed by atoms with Gasteiger partial charge in [-0.05, 0) is 66.6 Å². The van der Waals surface area contributed by atoms with Gasteiger partial charge in [0.1, 0.15) is 18.6 Å². The van der Waals surface area contributed by atoms with Crippen molar-refractivity contribution in [3.8, 4) is 28.0 Å². The molecule has 0 bridgehead atoms. The van der Waals surface area contributed by atoms with Crippen molar-refractivity contribution >= 4 is 6.29 Å². The lowest BCUT2D eigenvalue weighted by Crippen LogP contribution is -2.05. The third-order valence-corrected chi connectivity index (χ3v) is 5.08. The number of methoxy groups -OCH3 is 1. The Hall–Kier alpha value is -3.21. The van der Waals surface area contributed by atoms with Gasteiger partial charge in [-0.15, -0.1) is 0 Å². The number of ether oxygens (including phenoxy) is 2. The van der Waals surface area contributed by atoms with Crippen LogP contribution in [0.1, 0.15) is 23.6 Å². The van der Waals surface area contributed by atoms with Crippen LogP contribution in [0.4, 0.5) is 0 Å². The second-order valence-corrected chi connectivity index (χ2v) is 8.01. The van der Waals surface area contributed by atoms with Crippen molar-refractivity contribution in [2.24, 2.45) is 0 Å². The van der Waals surface area contributed by atoms with E-state index in [1.807, 2.05) is 12.1 Å². The summed E-state index contributed by atoms with van der Waals surface area (Å²) in [5.41, 5.74) is 8.81. The summed E-state index contributed by atoms with van der Waals surface area (Å²) in [6, 6.07) is 21.3. The van der Waals surface area contributed by atoms with Gasteiger partial charge in [0.2, 0.25) is 0 Å². The Morgan fingerprint density at radius 3 is 2.09 bits per heavy atom. The van der Waals surface area contributed by atoms with Gasteiger partial charge >= 0.3 is 0 Å². The first-order chi connectivity index (χ1) is 15.9. The van der Waals surface area contributed by atoms with E-state index < -0.39 is 0 Å². The number of hydrogen-bond acceptors (Lipinski definition) is 4. The Kier molecular flexibility index (Phi) is 10.5. The molecule has 0 aliphatic heterocycles. The van der Waals surface area contributed by atoms with Gasteiger partial charge in [0.05, 0.1) is 6.61 Å². The monoisotopic (exact) mass is 446 g/mol. The van der Waals surface area contributed by atoms with E-state index in [9.17, 15) is 9.90 Å². The van der Waals surface area contributed by atoms with E-state index in [4.69, 9.17) is 9.47 Å². The van der Waals surface area contributed by atoms with Crippen molar-refractivity contribution in [2.45, 2.75) is 27.2 Å². The predicted molar refractivity (Wildman–Crippen MR) is 136 cm³/mol. The van der Waals surface area contributed by atoms with Gasteiger partial charge < -0.3 is 14.6 Å². The molecule has 0 aliphatic carbocycles. The molecule has 33 heavy (non-hydrogen) atoms. The number of carbonyl (C=O) groups is 1. The van der Waals surface area contributed by atoms with Crippen LogP contribution in [0.2, 0.25) is 0 Å². The van der Waals surface area contributed by atoms with E-state index in [2.05, 4.69) is 69.0 Å². The molecule has 0 amide bonds. The van der Waals surface area contributed by atoms with Crippen LogP contribution in [-0.2, 0) is 16.0 Å². The first kappa shape index (κ1) is 26.0. The van der Waals surface area contributed by atoms with Gasteiger partial charge in [0, 0.05) is 19.3 Å². The van der Waals surface area contributed by atoms with Crippen LogP contribution >= 0.6 is 0 Å². The molecule has 1 N–H and O–H groups in total. The lowest BCUT2D eigenvalue weighted by Gasteiger charge is -2.14. The number of aldehydes is 1. The van der Waals surface area contributed by atoms with Crippen LogP contribution in [0, 0.1) is 13.8 Å². The molecule has 0 heterocycles. The number of aryl methyl sites for hydroxylation is 2. The molecule has 0 saturated carbocycles. The van der Waals surface area contributed by atoms with E-state index in [-0.39, 0.29) is 6.61 Å². The molecule has 4 heteroatoms. The molecule has 174 valence electrons. The summed E-state index contributed by atoms with van der Waals surface area (Å²) in [4.78, 5) is 9.41. The average molecular weight is 447 g/mol. The predicted octanol–water partition coefficient (Wildman–Crippen LogP) is 5.96. The third-order valence-electron chi connectivity index (χ3n) is 5.08. The Morgan fingerprint density at radius 1 is 0.939 bits per heavy atom. The van der Waals surface area contributed by atoms with E-state index >= 15 is 0 Å². The van der Waals surface area contributed by atoms with Gasteiger partial charge in [0.15, 0.2) is 0 Å². The Balaban J connectivity index is 0.000000696. The molecule has 0 spiro atoms. The summed E-state index contributed by atoms with van der Waals surface area (Å²) < 4.78 is 11.1. The van der Waals surface area contributed by atoms with E-state index in [1.54, 1.807) is 14.0 Å². The van der Waals surface area contributed by atoms with E-state index in [0.717, 1.165) is 28.7 Å². The maximum atomic E-state index is 9.41. The van der Waals surface area contributed by atoms with Crippen molar-refractivity contribution in [2.75, 3.05) is 26.9 Å². The van der Waals surface area contributed by atoms with Crippen molar-refractivity contribution in [1.29, 1.82) is 0 Å². The van der Waals surface area contributed by atoms with Crippen LogP contribution in [0.25, 0.3) is 22.3 Å². The maximum Gasteiger partial charge on any atom is 0.145 e. The van der Waals surface area contributed by atoms with Gasteiger partial charge in [0.25, 0.3) is 0 Å². The third kappa shape index (κ3) is 8.01. The SMILES string of the molecule is C=C(C)C=O.COCCOc1cc(CCO)ccc1-c1ccc(-c2ccc(C)cc2C)cc1. The number of hydrogen-bond donors (Lipinski definition) is 1. The average Bonchev–Trinajstić information content (AvgIpc) is 2.80. The van der Waals surface area contributed by atoms with Gasteiger partial charge in [-0.3, -0.25) is 4.79 Å². The summed E-state index contributed by atoms with van der Waals surface area (Å²) in [5.74, 6) is 0.822. The Bertz CT molecular complexity index is 1050. The van der Waals surface area contributed by atoms with Gasteiger partial charge in [-0.1, -0.05) is 66.7 Å².